The Kier molecular flexibility index (Phi) is 6.38. The van der Waals surface area contributed by atoms with Gasteiger partial charge in [0.05, 0.1) is 6.42 Å². The van der Waals surface area contributed by atoms with Crippen LogP contribution in [0.15, 0.2) is 0 Å². The van der Waals surface area contributed by atoms with Crippen LogP contribution in [0.1, 0.15) is 72.6 Å². The molecule has 6 nitrogen and oxygen atoms in total. The first-order chi connectivity index (χ1) is 10.4. The molecule has 0 radical (unpaired) electrons. The molecule has 0 bridgehead atoms. The summed E-state index contributed by atoms with van der Waals surface area (Å²) in [7, 11) is -4.87. The van der Waals surface area contributed by atoms with E-state index in [1.807, 2.05) is 0 Å². The Balaban J connectivity index is 3.12. The predicted octanol–water partition coefficient (Wildman–Crippen LogP) is 3.11. The number of hydrogen-bond acceptors (Lipinski definition) is 5. The summed E-state index contributed by atoms with van der Waals surface area (Å²) in [6.07, 6.45) is 3.45. The van der Waals surface area contributed by atoms with Gasteiger partial charge in [0.15, 0.2) is 5.78 Å². The van der Waals surface area contributed by atoms with Gasteiger partial charge in [-0.25, -0.2) is 0 Å². The number of hydrogen-bond donors (Lipinski definition) is 1. The van der Waals surface area contributed by atoms with Gasteiger partial charge < -0.3 is 4.74 Å². The van der Waals surface area contributed by atoms with Crippen LogP contribution in [0.4, 0.5) is 0 Å². The van der Waals surface area contributed by atoms with Gasteiger partial charge >= 0.3 is 16.1 Å². The van der Waals surface area contributed by atoms with Gasteiger partial charge in [0.1, 0.15) is 0 Å². The van der Waals surface area contributed by atoms with Gasteiger partial charge in [0.2, 0.25) is 0 Å². The third-order valence-corrected chi connectivity index (χ3v) is 5.59. The molecule has 1 atom stereocenters. The molecule has 1 saturated carbocycles. The Morgan fingerprint density at radius 2 is 1.65 bits per heavy atom. The second-order valence-electron chi connectivity index (χ2n) is 7.49. The van der Waals surface area contributed by atoms with Crippen LogP contribution in [0.3, 0.4) is 0 Å². The minimum atomic E-state index is -4.87. The first-order valence-electron chi connectivity index (χ1n) is 8.16. The van der Waals surface area contributed by atoms with Crippen molar-refractivity contribution in [1.82, 2.24) is 0 Å². The molecule has 0 aromatic rings. The van der Waals surface area contributed by atoms with Crippen LogP contribution < -0.4 is 0 Å². The summed E-state index contributed by atoms with van der Waals surface area (Å²) in [5.41, 5.74) is -0.413. The third-order valence-electron chi connectivity index (χ3n) is 4.19. The molecule has 1 N–H and O–H groups in total. The number of rotatable bonds is 6. The molecule has 1 aliphatic rings. The highest BCUT2D eigenvalue weighted by atomic mass is 32.2. The van der Waals surface area contributed by atoms with E-state index in [0.717, 1.165) is 19.3 Å². The van der Waals surface area contributed by atoms with E-state index in [1.165, 1.54) is 6.92 Å². The van der Waals surface area contributed by atoms with E-state index < -0.39 is 38.1 Å². The van der Waals surface area contributed by atoms with Crippen LogP contribution in [0.25, 0.3) is 0 Å². The Bertz CT molecular complexity index is 539. The van der Waals surface area contributed by atoms with Gasteiger partial charge in [-0.1, -0.05) is 47.0 Å². The van der Waals surface area contributed by atoms with Gasteiger partial charge in [0, 0.05) is 12.3 Å². The Morgan fingerprint density at radius 1 is 1.13 bits per heavy atom. The summed E-state index contributed by atoms with van der Waals surface area (Å²) in [6.45, 7) is 6.84. The topological polar surface area (TPSA) is 97.7 Å². The Morgan fingerprint density at radius 3 is 2.04 bits per heavy atom. The average molecular weight is 348 g/mol. The van der Waals surface area contributed by atoms with Crippen LogP contribution >= 0.6 is 0 Å². The van der Waals surface area contributed by atoms with Crippen LogP contribution in [0.5, 0.6) is 0 Å². The molecular formula is C16H28O6S. The van der Waals surface area contributed by atoms with Gasteiger partial charge in [-0.15, -0.1) is 0 Å². The fourth-order valence-electron chi connectivity index (χ4n) is 2.99. The van der Waals surface area contributed by atoms with E-state index >= 15 is 0 Å². The molecule has 0 saturated heterocycles. The van der Waals surface area contributed by atoms with Gasteiger partial charge in [-0.05, 0) is 18.3 Å². The highest BCUT2D eigenvalue weighted by Gasteiger charge is 2.54. The lowest BCUT2D eigenvalue weighted by Gasteiger charge is -2.33. The molecule has 0 aliphatic heterocycles. The number of Topliss-reactive ketones (excluding diaryl/α,β-unsaturated/α-hetero) is 1. The van der Waals surface area contributed by atoms with E-state index in [1.54, 1.807) is 20.8 Å². The summed E-state index contributed by atoms with van der Waals surface area (Å²) < 4.78 is 38.6. The normalized spacial score (nSPS) is 19.9. The first-order valence-corrected chi connectivity index (χ1v) is 9.60. The fraction of sp³-hybridized carbons (Fsp3) is 0.875. The first kappa shape index (κ1) is 20.1. The molecule has 1 rings (SSSR count). The molecule has 0 heterocycles. The lowest BCUT2D eigenvalue weighted by molar-refractivity contribution is -0.163. The van der Waals surface area contributed by atoms with Gasteiger partial charge in [-0.3, -0.25) is 14.1 Å². The van der Waals surface area contributed by atoms with E-state index in [-0.39, 0.29) is 12.8 Å². The SMILES string of the molecule is CCC(OC(=O)CC(C)(C)C)(C(=O)C1CCCCC1)S(=O)(=O)O. The van der Waals surface area contributed by atoms with Crippen molar-refractivity contribution >= 4 is 21.9 Å². The molecule has 1 fully saturated rings. The second kappa shape index (κ2) is 7.30. The molecule has 1 aliphatic carbocycles. The molecule has 1 unspecified atom stereocenters. The van der Waals surface area contributed by atoms with Gasteiger partial charge in [0.25, 0.3) is 4.93 Å². The maximum Gasteiger partial charge on any atom is 0.314 e. The molecule has 134 valence electrons. The lowest BCUT2D eigenvalue weighted by Crippen LogP contribution is -2.52. The smallest absolute Gasteiger partial charge is 0.314 e. The zero-order valence-corrected chi connectivity index (χ0v) is 15.2. The van der Waals surface area contributed by atoms with E-state index in [2.05, 4.69) is 0 Å². The summed E-state index contributed by atoms with van der Waals surface area (Å²) in [5.74, 6) is -1.97. The fourth-order valence-corrected chi connectivity index (χ4v) is 3.97. The van der Waals surface area contributed by atoms with E-state index in [0.29, 0.717) is 12.8 Å². The van der Waals surface area contributed by atoms with Crippen molar-refractivity contribution in [2.45, 2.75) is 77.6 Å². The maximum atomic E-state index is 12.8. The summed E-state index contributed by atoms with van der Waals surface area (Å²) in [6, 6.07) is 0. The quantitative estimate of drug-likeness (QED) is 0.585. The third kappa shape index (κ3) is 5.01. The number of carbonyl (C=O) groups excluding carboxylic acids is 2. The second-order valence-corrected chi connectivity index (χ2v) is 9.10. The van der Waals surface area contributed by atoms with Crippen LogP contribution in [-0.2, 0) is 24.4 Å². The molecule has 7 heteroatoms. The van der Waals surface area contributed by atoms with Crippen molar-refractivity contribution in [1.29, 1.82) is 0 Å². The van der Waals surface area contributed by atoms with E-state index in [9.17, 15) is 22.6 Å². The highest BCUT2D eigenvalue weighted by molar-refractivity contribution is 7.88. The van der Waals surface area contributed by atoms with E-state index in [4.69, 9.17) is 4.74 Å². The zero-order valence-electron chi connectivity index (χ0n) is 14.4. The minimum Gasteiger partial charge on any atom is -0.432 e. The van der Waals surface area contributed by atoms with Crippen molar-refractivity contribution in [2.75, 3.05) is 0 Å². The number of carbonyl (C=O) groups is 2. The number of ketones is 1. The lowest BCUT2D eigenvalue weighted by atomic mass is 9.83. The number of ether oxygens (including phenoxy) is 1. The van der Waals surface area contributed by atoms with Crippen molar-refractivity contribution in [2.24, 2.45) is 11.3 Å². The van der Waals surface area contributed by atoms with Crippen molar-refractivity contribution in [3.63, 3.8) is 0 Å². The van der Waals surface area contributed by atoms with Gasteiger partial charge in [-0.2, -0.15) is 8.42 Å². The van der Waals surface area contributed by atoms with Crippen molar-refractivity contribution < 1.29 is 27.3 Å². The minimum absolute atomic E-state index is 0.0395. The molecule has 0 aromatic carbocycles. The highest BCUT2D eigenvalue weighted by Crippen LogP contribution is 2.35. The zero-order chi connectivity index (χ0) is 17.9. The van der Waals surface area contributed by atoms with Crippen molar-refractivity contribution in [3.8, 4) is 0 Å². The Labute approximate surface area is 138 Å². The molecule has 0 aromatic heterocycles. The average Bonchev–Trinajstić information content (AvgIpc) is 2.41. The van der Waals surface area contributed by atoms with Crippen LogP contribution in [0.2, 0.25) is 0 Å². The van der Waals surface area contributed by atoms with Crippen LogP contribution in [0, 0.1) is 11.3 Å². The molecule has 0 spiro atoms. The number of esters is 1. The summed E-state index contributed by atoms with van der Waals surface area (Å²) in [4.78, 5) is 22.4. The summed E-state index contributed by atoms with van der Waals surface area (Å²) >= 11 is 0. The maximum absolute atomic E-state index is 12.8. The predicted molar refractivity (Wildman–Crippen MR) is 86.3 cm³/mol. The summed E-state index contributed by atoms with van der Waals surface area (Å²) in [5, 5.41) is 0. The standard InChI is InChI=1S/C16H28O6S/c1-5-16(23(19,20)21,22-13(17)11-15(2,3)4)14(18)12-9-7-6-8-10-12/h12H,5-11H2,1-4H3,(H,19,20,21). The molecule has 23 heavy (non-hydrogen) atoms. The molecular weight excluding hydrogens is 320 g/mol. The largest absolute Gasteiger partial charge is 0.432 e. The Hall–Kier alpha value is -0.950. The monoisotopic (exact) mass is 348 g/mol. The van der Waals surface area contributed by atoms with Crippen LogP contribution in [-0.4, -0.2) is 29.7 Å². The molecule has 0 amide bonds. The van der Waals surface area contributed by atoms with Crippen molar-refractivity contribution in [3.05, 3.63) is 0 Å².